The van der Waals surface area contributed by atoms with Gasteiger partial charge >= 0.3 is 0 Å². The van der Waals surface area contributed by atoms with Crippen LogP contribution >= 0.6 is 0 Å². The Kier molecular flexibility index (Phi) is 5.31. The number of aromatic hydroxyl groups is 4. The third kappa shape index (κ3) is 4.28. The van der Waals surface area contributed by atoms with Gasteiger partial charge in [-0.1, -0.05) is 0 Å². The van der Waals surface area contributed by atoms with Crippen LogP contribution in [0.3, 0.4) is 0 Å². The zero-order valence-corrected chi connectivity index (χ0v) is 13.2. The summed E-state index contributed by atoms with van der Waals surface area (Å²) in [5, 5.41) is 45.3. The van der Waals surface area contributed by atoms with Gasteiger partial charge in [0.05, 0.1) is 0 Å². The number of hydrogen-bond donors (Lipinski definition) is 6. The summed E-state index contributed by atoms with van der Waals surface area (Å²) in [6.45, 7) is 4.53. The first-order valence-electron chi connectivity index (χ1n) is 7.33. The Labute approximate surface area is 135 Å². The minimum atomic E-state index is 0.0452. The van der Waals surface area contributed by atoms with Crippen LogP contribution in [0.5, 0.6) is 23.0 Å². The molecule has 23 heavy (non-hydrogen) atoms. The first-order chi connectivity index (χ1) is 10.9. The van der Waals surface area contributed by atoms with E-state index in [1.165, 1.54) is 0 Å². The molecule has 0 amide bonds. The Hall–Kier alpha value is -2.44. The van der Waals surface area contributed by atoms with Gasteiger partial charge in [0.1, 0.15) is 23.0 Å². The number of aryl methyl sites for hydroxylation is 2. The largest absolute Gasteiger partial charge is 0.507 e. The minimum absolute atomic E-state index is 0.0452. The van der Waals surface area contributed by atoms with Gasteiger partial charge in [0.2, 0.25) is 0 Å². The molecule has 0 atom stereocenters. The van der Waals surface area contributed by atoms with Crippen molar-refractivity contribution < 1.29 is 20.4 Å². The molecule has 0 saturated heterocycles. The van der Waals surface area contributed by atoms with Crippen LogP contribution in [0, 0.1) is 13.8 Å². The quantitative estimate of drug-likeness (QED) is 0.359. The fourth-order valence-electron chi connectivity index (χ4n) is 2.38. The number of rotatable bonds is 6. The van der Waals surface area contributed by atoms with E-state index in [1.54, 1.807) is 38.1 Å². The van der Waals surface area contributed by atoms with E-state index in [4.69, 9.17) is 0 Å². The molecule has 0 aliphatic carbocycles. The SMILES string of the molecule is Cc1cc(O)c(CNCNCc2c(O)cc(C)cc2O)c(O)c1. The van der Waals surface area contributed by atoms with Crippen LogP contribution in [0.25, 0.3) is 0 Å². The van der Waals surface area contributed by atoms with Gasteiger partial charge in [0.25, 0.3) is 0 Å². The van der Waals surface area contributed by atoms with Crippen molar-refractivity contribution in [2.75, 3.05) is 6.67 Å². The molecule has 6 heteroatoms. The van der Waals surface area contributed by atoms with Gasteiger partial charge in [-0.3, -0.25) is 0 Å². The number of hydrogen-bond acceptors (Lipinski definition) is 6. The van der Waals surface area contributed by atoms with Crippen molar-refractivity contribution in [3.63, 3.8) is 0 Å². The topological polar surface area (TPSA) is 105 Å². The first-order valence-corrected chi connectivity index (χ1v) is 7.33. The van der Waals surface area contributed by atoms with Crippen LogP contribution in [-0.2, 0) is 13.1 Å². The van der Waals surface area contributed by atoms with Gasteiger partial charge in [-0.05, 0) is 49.2 Å². The van der Waals surface area contributed by atoms with E-state index in [2.05, 4.69) is 10.6 Å². The maximum absolute atomic E-state index is 9.82. The molecule has 124 valence electrons. The van der Waals surface area contributed by atoms with Crippen LogP contribution in [0.4, 0.5) is 0 Å². The molecule has 2 aromatic carbocycles. The summed E-state index contributed by atoms with van der Waals surface area (Å²) in [7, 11) is 0. The molecule has 0 bridgehead atoms. The fourth-order valence-corrected chi connectivity index (χ4v) is 2.38. The minimum Gasteiger partial charge on any atom is -0.507 e. The predicted octanol–water partition coefficient (Wildman–Crippen LogP) is 1.96. The highest BCUT2D eigenvalue weighted by Crippen LogP contribution is 2.29. The average Bonchev–Trinajstić information content (AvgIpc) is 2.42. The van der Waals surface area contributed by atoms with Gasteiger partial charge in [-0.2, -0.15) is 0 Å². The second-order valence-electron chi connectivity index (χ2n) is 5.59. The smallest absolute Gasteiger partial charge is 0.124 e. The summed E-state index contributed by atoms with van der Waals surface area (Å²) >= 11 is 0. The zero-order valence-electron chi connectivity index (χ0n) is 13.2. The molecule has 0 fully saturated rings. The average molecular weight is 318 g/mol. The van der Waals surface area contributed by atoms with Crippen molar-refractivity contribution in [3.05, 3.63) is 46.5 Å². The Morgan fingerprint density at radius 1 is 0.652 bits per heavy atom. The van der Waals surface area contributed by atoms with E-state index in [1.807, 2.05) is 0 Å². The van der Waals surface area contributed by atoms with Crippen molar-refractivity contribution in [1.29, 1.82) is 0 Å². The molecule has 0 heterocycles. The van der Waals surface area contributed by atoms with Gasteiger partial charge in [0, 0.05) is 30.9 Å². The number of phenols is 4. The van der Waals surface area contributed by atoms with E-state index in [0.29, 0.717) is 17.8 Å². The van der Waals surface area contributed by atoms with Crippen LogP contribution in [0.15, 0.2) is 24.3 Å². The van der Waals surface area contributed by atoms with Crippen LogP contribution in [-0.4, -0.2) is 27.1 Å². The first kappa shape index (κ1) is 16.9. The van der Waals surface area contributed by atoms with E-state index in [0.717, 1.165) is 11.1 Å². The van der Waals surface area contributed by atoms with Crippen LogP contribution in [0.1, 0.15) is 22.3 Å². The monoisotopic (exact) mass is 318 g/mol. The third-order valence-corrected chi connectivity index (χ3v) is 3.55. The van der Waals surface area contributed by atoms with Crippen molar-refractivity contribution in [2.45, 2.75) is 26.9 Å². The second-order valence-corrected chi connectivity index (χ2v) is 5.59. The molecule has 0 aliphatic heterocycles. The Morgan fingerprint density at radius 2 is 0.957 bits per heavy atom. The lowest BCUT2D eigenvalue weighted by atomic mass is 10.1. The maximum atomic E-state index is 9.82. The van der Waals surface area contributed by atoms with Gasteiger partial charge in [0.15, 0.2) is 0 Å². The second kappa shape index (κ2) is 7.21. The molecule has 0 aromatic heterocycles. The summed E-state index contributed by atoms with van der Waals surface area (Å²) < 4.78 is 0. The van der Waals surface area contributed by atoms with E-state index < -0.39 is 0 Å². The molecule has 0 aliphatic rings. The summed E-state index contributed by atoms with van der Waals surface area (Å²) in [5.41, 5.74) is 2.43. The van der Waals surface area contributed by atoms with Crippen molar-refractivity contribution in [2.24, 2.45) is 0 Å². The summed E-state index contributed by atoms with van der Waals surface area (Å²) in [4.78, 5) is 0. The predicted molar refractivity (Wildman–Crippen MR) is 87.6 cm³/mol. The van der Waals surface area contributed by atoms with Crippen molar-refractivity contribution in [1.82, 2.24) is 10.6 Å². The highest BCUT2D eigenvalue weighted by Gasteiger charge is 2.09. The molecule has 2 rings (SSSR count). The molecule has 6 N–H and O–H groups in total. The summed E-state index contributed by atoms with van der Waals surface area (Å²) in [6.07, 6.45) is 0. The van der Waals surface area contributed by atoms with Gasteiger partial charge in [-0.15, -0.1) is 0 Å². The van der Waals surface area contributed by atoms with Crippen molar-refractivity contribution in [3.8, 4) is 23.0 Å². The van der Waals surface area contributed by atoms with Crippen LogP contribution < -0.4 is 10.6 Å². The van der Waals surface area contributed by atoms with Gasteiger partial charge in [-0.25, -0.2) is 0 Å². The normalized spacial score (nSPS) is 10.9. The standard InChI is InChI=1S/C17H22N2O4/c1-10-3-14(20)12(15(21)4-10)7-18-9-19-8-13-16(22)5-11(2)6-17(13)23/h3-6,18-23H,7-9H2,1-2H3. The molecule has 6 nitrogen and oxygen atoms in total. The van der Waals surface area contributed by atoms with E-state index in [-0.39, 0.29) is 36.1 Å². The molecule has 0 saturated carbocycles. The third-order valence-electron chi connectivity index (χ3n) is 3.55. The summed E-state index contributed by atoms with van der Waals surface area (Å²) in [5.74, 6) is 0.181. The maximum Gasteiger partial charge on any atom is 0.124 e. The number of benzene rings is 2. The van der Waals surface area contributed by atoms with Crippen molar-refractivity contribution >= 4 is 0 Å². The Morgan fingerprint density at radius 3 is 1.26 bits per heavy atom. The summed E-state index contributed by atoms with van der Waals surface area (Å²) in [6, 6.07) is 6.36. The zero-order chi connectivity index (χ0) is 17.0. The van der Waals surface area contributed by atoms with E-state index in [9.17, 15) is 20.4 Å². The molecular formula is C17H22N2O4. The molecule has 0 radical (unpaired) electrons. The van der Waals surface area contributed by atoms with Gasteiger partial charge < -0.3 is 31.1 Å². The number of phenolic OH excluding ortho intramolecular Hbond substituents is 4. The lowest BCUT2D eigenvalue weighted by Crippen LogP contribution is -2.28. The molecular weight excluding hydrogens is 296 g/mol. The highest BCUT2D eigenvalue weighted by atomic mass is 16.3. The highest BCUT2D eigenvalue weighted by molar-refractivity contribution is 5.47. The van der Waals surface area contributed by atoms with Crippen LogP contribution in [0.2, 0.25) is 0 Å². The number of nitrogens with one attached hydrogen (secondary N) is 2. The Balaban J connectivity index is 1.85. The molecule has 0 spiro atoms. The van der Waals surface area contributed by atoms with E-state index >= 15 is 0 Å². The lowest BCUT2D eigenvalue weighted by molar-refractivity contribution is 0.425. The fraction of sp³-hybridized carbons (Fsp3) is 0.294. The molecule has 0 unspecified atom stereocenters. The Bertz CT molecular complexity index is 595. The molecule has 2 aromatic rings. The lowest BCUT2D eigenvalue weighted by Gasteiger charge is -2.12.